The number of anilines is 1. The van der Waals surface area contributed by atoms with Crippen molar-refractivity contribution in [1.82, 2.24) is 9.78 Å². The van der Waals surface area contributed by atoms with Gasteiger partial charge in [-0.05, 0) is 38.5 Å². The average molecular weight is 322 g/mol. The number of hydrogen-bond acceptors (Lipinski definition) is 2. The molecular weight excluding hydrogens is 306 g/mol. The van der Waals surface area contributed by atoms with E-state index < -0.39 is 0 Å². The molecule has 2 aromatic rings. The summed E-state index contributed by atoms with van der Waals surface area (Å²) in [5, 5.41) is 7.02. The van der Waals surface area contributed by atoms with Crippen molar-refractivity contribution in [1.29, 1.82) is 0 Å². The van der Waals surface area contributed by atoms with Crippen molar-refractivity contribution in [3.8, 4) is 0 Å². The quantitative estimate of drug-likeness (QED) is 0.934. The molecule has 0 spiro atoms. The lowest BCUT2D eigenvalue weighted by atomic mass is 10.1. The number of amides is 1. The monoisotopic (exact) mass is 321 g/mol. The lowest BCUT2D eigenvalue weighted by Gasteiger charge is -2.05. The van der Waals surface area contributed by atoms with Gasteiger partial charge in [-0.3, -0.25) is 9.48 Å². The first kappa shape index (κ1) is 13.8. The van der Waals surface area contributed by atoms with Crippen LogP contribution in [-0.4, -0.2) is 15.7 Å². The Morgan fingerprint density at radius 2 is 2.16 bits per heavy atom. The molecule has 1 amide bonds. The maximum Gasteiger partial charge on any atom is 0.255 e. The van der Waals surface area contributed by atoms with Crippen molar-refractivity contribution in [2.24, 2.45) is 0 Å². The molecule has 0 saturated carbocycles. The third-order valence-electron chi connectivity index (χ3n) is 2.82. The van der Waals surface area contributed by atoms with Crippen LogP contribution in [0.2, 0.25) is 0 Å². The highest BCUT2D eigenvalue weighted by Gasteiger charge is 2.09. The summed E-state index contributed by atoms with van der Waals surface area (Å²) < 4.78 is 2.73. The first-order valence-corrected chi connectivity index (χ1v) is 6.88. The molecule has 0 aliphatic rings. The van der Waals surface area contributed by atoms with Crippen LogP contribution in [0, 0.1) is 6.92 Å². The smallest absolute Gasteiger partial charge is 0.255 e. The number of aromatic nitrogens is 2. The van der Waals surface area contributed by atoms with E-state index in [-0.39, 0.29) is 11.9 Å². The maximum atomic E-state index is 12.1. The highest BCUT2D eigenvalue weighted by atomic mass is 79.9. The van der Waals surface area contributed by atoms with E-state index in [1.807, 2.05) is 45.2 Å². The number of rotatable bonds is 3. The average Bonchev–Trinajstić information content (AvgIpc) is 2.81. The molecule has 0 radical (unpaired) electrons. The Balaban J connectivity index is 2.13. The van der Waals surface area contributed by atoms with Crippen LogP contribution >= 0.6 is 15.9 Å². The van der Waals surface area contributed by atoms with Crippen molar-refractivity contribution >= 4 is 27.5 Å². The molecule has 19 heavy (non-hydrogen) atoms. The zero-order valence-electron chi connectivity index (χ0n) is 11.1. The fraction of sp³-hybridized carbons (Fsp3) is 0.286. The highest BCUT2D eigenvalue weighted by Crippen LogP contribution is 2.18. The maximum absolute atomic E-state index is 12.1. The summed E-state index contributed by atoms with van der Waals surface area (Å²) in [6, 6.07) is 5.82. The number of carbonyl (C=O) groups is 1. The molecule has 1 aromatic carbocycles. The number of halogens is 1. The zero-order valence-corrected chi connectivity index (χ0v) is 12.7. The Labute approximate surface area is 120 Å². The molecule has 1 heterocycles. The molecule has 0 atom stereocenters. The van der Waals surface area contributed by atoms with Crippen LogP contribution in [0.4, 0.5) is 5.69 Å². The van der Waals surface area contributed by atoms with Gasteiger partial charge in [-0.25, -0.2) is 0 Å². The Bertz CT molecular complexity index is 604. The summed E-state index contributed by atoms with van der Waals surface area (Å²) in [5.74, 6) is -0.135. The fourth-order valence-corrected chi connectivity index (χ4v) is 2.00. The first-order valence-electron chi connectivity index (χ1n) is 6.09. The van der Waals surface area contributed by atoms with Crippen LogP contribution < -0.4 is 5.32 Å². The highest BCUT2D eigenvalue weighted by molar-refractivity contribution is 9.10. The molecule has 0 bridgehead atoms. The molecular formula is C14H16BrN3O. The van der Waals surface area contributed by atoms with E-state index in [0.717, 1.165) is 10.0 Å². The molecule has 2 rings (SSSR count). The summed E-state index contributed by atoms with van der Waals surface area (Å²) in [4.78, 5) is 12.1. The predicted octanol–water partition coefficient (Wildman–Crippen LogP) is 3.79. The predicted molar refractivity (Wildman–Crippen MR) is 79.4 cm³/mol. The molecule has 0 aliphatic heterocycles. The molecule has 1 N–H and O–H groups in total. The minimum atomic E-state index is -0.135. The third kappa shape index (κ3) is 3.23. The van der Waals surface area contributed by atoms with E-state index >= 15 is 0 Å². The fourth-order valence-electron chi connectivity index (χ4n) is 1.62. The van der Waals surface area contributed by atoms with E-state index in [9.17, 15) is 4.79 Å². The van der Waals surface area contributed by atoms with E-state index in [0.29, 0.717) is 11.3 Å². The normalized spacial score (nSPS) is 10.8. The minimum Gasteiger partial charge on any atom is -0.319 e. The van der Waals surface area contributed by atoms with Crippen molar-refractivity contribution in [2.75, 3.05) is 5.32 Å². The van der Waals surface area contributed by atoms with Crippen molar-refractivity contribution in [2.45, 2.75) is 26.8 Å². The molecule has 0 aliphatic carbocycles. The van der Waals surface area contributed by atoms with Gasteiger partial charge in [0.05, 0.1) is 11.9 Å². The number of carbonyl (C=O) groups excluding carboxylic acids is 1. The number of aryl methyl sites for hydroxylation is 1. The molecule has 100 valence electrons. The van der Waals surface area contributed by atoms with Crippen molar-refractivity contribution in [3.05, 3.63) is 46.2 Å². The van der Waals surface area contributed by atoms with Gasteiger partial charge >= 0.3 is 0 Å². The van der Waals surface area contributed by atoms with Gasteiger partial charge in [0, 0.05) is 22.3 Å². The van der Waals surface area contributed by atoms with Gasteiger partial charge in [0.2, 0.25) is 0 Å². The van der Waals surface area contributed by atoms with E-state index in [1.165, 1.54) is 0 Å². The van der Waals surface area contributed by atoms with Gasteiger partial charge in [0.1, 0.15) is 0 Å². The second-order valence-electron chi connectivity index (χ2n) is 4.72. The molecule has 0 fully saturated rings. The van der Waals surface area contributed by atoms with Crippen LogP contribution in [0.25, 0.3) is 0 Å². The van der Waals surface area contributed by atoms with Crippen LogP contribution in [0.5, 0.6) is 0 Å². The summed E-state index contributed by atoms with van der Waals surface area (Å²) in [6.45, 7) is 6.06. The molecule has 0 unspecified atom stereocenters. The second kappa shape index (κ2) is 5.57. The number of nitrogens with one attached hydrogen (secondary N) is 1. The summed E-state index contributed by atoms with van der Waals surface area (Å²) in [5.41, 5.74) is 2.43. The number of hydrogen-bond donors (Lipinski definition) is 1. The Morgan fingerprint density at radius 3 is 2.74 bits per heavy atom. The van der Waals surface area contributed by atoms with Gasteiger partial charge in [-0.1, -0.05) is 22.0 Å². The first-order chi connectivity index (χ1) is 8.97. The van der Waals surface area contributed by atoms with Crippen LogP contribution in [0.15, 0.2) is 35.1 Å². The van der Waals surface area contributed by atoms with Gasteiger partial charge in [0.25, 0.3) is 5.91 Å². The van der Waals surface area contributed by atoms with E-state index in [2.05, 4.69) is 26.3 Å². The van der Waals surface area contributed by atoms with Gasteiger partial charge in [0.15, 0.2) is 0 Å². The van der Waals surface area contributed by atoms with Gasteiger partial charge in [-0.15, -0.1) is 0 Å². The number of benzene rings is 1. The molecule has 0 saturated heterocycles. The van der Waals surface area contributed by atoms with Crippen LogP contribution in [-0.2, 0) is 0 Å². The third-order valence-corrected chi connectivity index (χ3v) is 3.68. The minimum absolute atomic E-state index is 0.135. The molecule has 1 aromatic heterocycles. The Hall–Kier alpha value is -1.62. The summed E-state index contributed by atoms with van der Waals surface area (Å²) in [7, 11) is 0. The lowest BCUT2D eigenvalue weighted by molar-refractivity contribution is 0.102. The Morgan fingerprint density at radius 1 is 1.42 bits per heavy atom. The Kier molecular flexibility index (Phi) is 4.04. The standard InChI is InChI=1S/C14H16BrN3O/c1-9(2)18-8-12(7-16-18)17-14(19)11-5-4-10(3)13(15)6-11/h4-9H,1-3H3,(H,17,19). The van der Waals surface area contributed by atoms with Crippen LogP contribution in [0.3, 0.4) is 0 Å². The van der Waals surface area contributed by atoms with Crippen LogP contribution in [0.1, 0.15) is 35.8 Å². The van der Waals surface area contributed by atoms with E-state index in [4.69, 9.17) is 0 Å². The number of nitrogens with zero attached hydrogens (tertiary/aromatic N) is 2. The van der Waals surface area contributed by atoms with Crippen molar-refractivity contribution < 1.29 is 4.79 Å². The largest absolute Gasteiger partial charge is 0.319 e. The van der Waals surface area contributed by atoms with E-state index in [1.54, 1.807) is 10.9 Å². The zero-order chi connectivity index (χ0) is 14.0. The topological polar surface area (TPSA) is 46.9 Å². The molecule has 5 heteroatoms. The van der Waals surface area contributed by atoms with Gasteiger partial charge < -0.3 is 5.32 Å². The second-order valence-corrected chi connectivity index (χ2v) is 5.58. The SMILES string of the molecule is Cc1ccc(C(=O)Nc2cnn(C(C)C)c2)cc1Br. The summed E-state index contributed by atoms with van der Waals surface area (Å²) in [6.07, 6.45) is 3.48. The lowest BCUT2D eigenvalue weighted by Crippen LogP contribution is -2.11. The van der Waals surface area contributed by atoms with Crippen molar-refractivity contribution in [3.63, 3.8) is 0 Å². The molecule has 4 nitrogen and oxygen atoms in total. The summed E-state index contributed by atoms with van der Waals surface area (Å²) >= 11 is 3.43. The van der Waals surface area contributed by atoms with Gasteiger partial charge in [-0.2, -0.15) is 5.10 Å².